The van der Waals surface area contributed by atoms with E-state index in [9.17, 15) is 0 Å². The number of aromatic nitrogens is 3. The van der Waals surface area contributed by atoms with Gasteiger partial charge in [-0.15, -0.1) is 0 Å². The molecule has 2 aromatic heterocycles. The lowest BCUT2D eigenvalue weighted by Crippen LogP contribution is -2.00. The van der Waals surface area contributed by atoms with Gasteiger partial charge in [-0.3, -0.25) is 0 Å². The highest BCUT2D eigenvalue weighted by atomic mass is 16.3. The van der Waals surface area contributed by atoms with Gasteiger partial charge in [0.1, 0.15) is 11.2 Å². The zero-order valence-electron chi connectivity index (χ0n) is 25.3. The summed E-state index contributed by atoms with van der Waals surface area (Å²) in [5.41, 5.74) is 8.96. The van der Waals surface area contributed by atoms with Crippen LogP contribution in [0.2, 0.25) is 0 Å². The van der Waals surface area contributed by atoms with Crippen molar-refractivity contribution in [3.05, 3.63) is 164 Å². The molecule has 2 heterocycles. The molecule has 0 unspecified atom stereocenters. The molecule has 47 heavy (non-hydrogen) atoms. The summed E-state index contributed by atoms with van der Waals surface area (Å²) in [7, 11) is 0. The molecule has 0 saturated carbocycles. The van der Waals surface area contributed by atoms with Crippen LogP contribution >= 0.6 is 0 Å². The standard InChI is InChI=1S/C43H27N3O/c1-3-10-28(11-4-1)35-24-25-36-39(27-35)47-38-17-9-16-37(40(36)38)43-45-41(31-13-5-2-6-14-31)44-42(46-43)32-21-18-30(19-22-32)34-23-20-29-12-7-8-15-33(29)26-34/h1-27H. The molecule has 0 radical (unpaired) electrons. The highest BCUT2D eigenvalue weighted by Crippen LogP contribution is 2.38. The molecule has 0 aliphatic rings. The van der Waals surface area contributed by atoms with Crippen LogP contribution in [-0.4, -0.2) is 15.0 Å². The van der Waals surface area contributed by atoms with Gasteiger partial charge in [0, 0.05) is 27.5 Å². The Bertz CT molecular complexity index is 2550. The Hall–Kier alpha value is -6.39. The molecule has 0 bridgehead atoms. The van der Waals surface area contributed by atoms with Crippen LogP contribution in [0, 0.1) is 0 Å². The maximum absolute atomic E-state index is 6.42. The smallest absolute Gasteiger partial charge is 0.164 e. The van der Waals surface area contributed by atoms with Gasteiger partial charge < -0.3 is 4.42 Å². The molecule has 0 N–H and O–H groups in total. The van der Waals surface area contributed by atoms with E-state index < -0.39 is 0 Å². The summed E-state index contributed by atoms with van der Waals surface area (Å²) in [5, 5.41) is 4.47. The SMILES string of the molecule is c1ccc(-c2ccc3c(c2)oc2cccc(-c4nc(-c5ccccc5)nc(-c5ccc(-c6ccc7ccccc7c6)cc5)n4)c23)cc1. The highest BCUT2D eigenvalue weighted by Gasteiger charge is 2.18. The highest BCUT2D eigenvalue weighted by molar-refractivity contribution is 6.12. The summed E-state index contributed by atoms with van der Waals surface area (Å²) in [6, 6.07) is 56.4. The van der Waals surface area contributed by atoms with Gasteiger partial charge in [0.15, 0.2) is 17.5 Å². The van der Waals surface area contributed by atoms with Crippen LogP contribution in [0.1, 0.15) is 0 Å². The van der Waals surface area contributed by atoms with Crippen molar-refractivity contribution in [2.75, 3.05) is 0 Å². The zero-order chi connectivity index (χ0) is 31.2. The van der Waals surface area contributed by atoms with Gasteiger partial charge in [0.2, 0.25) is 0 Å². The van der Waals surface area contributed by atoms with Crippen LogP contribution < -0.4 is 0 Å². The van der Waals surface area contributed by atoms with Crippen molar-refractivity contribution in [2.24, 2.45) is 0 Å². The summed E-state index contributed by atoms with van der Waals surface area (Å²) < 4.78 is 6.42. The zero-order valence-corrected chi connectivity index (χ0v) is 25.3. The van der Waals surface area contributed by atoms with Crippen molar-refractivity contribution in [3.8, 4) is 56.4 Å². The summed E-state index contributed by atoms with van der Waals surface area (Å²) >= 11 is 0. The number of hydrogen-bond donors (Lipinski definition) is 0. The Morgan fingerprint density at radius 1 is 0.340 bits per heavy atom. The number of hydrogen-bond acceptors (Lipinski definition) is 4. The van der Waals surface area contributed by atoms with Crippen molar-refractivity contribution in [1.82, 2.24) is 15.0 Å². The number of rotatable bonds is 5. The van der Waals surface area contributed by atoms with Gasteiger partial charge >= 0.3 is 0 Å². The van der Waals surface area contributed by atoms with Crippen LogP contribution in [0.3, 0.4) is 0 Å². The predicted octanol–water partition coefficient (Wildman–Crippen LogP) is 11.3. The quantitative estimate of drug-likeness (QED) is 0.197. The van der Waals surface area contributed by atoms with Crippen molar-refractivity contribution < 1.29 is 4.42 Å². The van der Waals surface area contributed by atoms with E-state index in [0.717, 1.165) is 55.3 Å². The minimum atomic E-state index is 0.605. The van der Waals surface area contributed by atoms with Crippen molar-refractivity contribution >= 4 is 32.7 Å². The molecule has 0 aliphatic carbocycles. The number of nitrogens with zero attached hydrogens (tertiary/aromatic N) is 3. The third-order valence-corrected chi connectivity index (χ3v) is 8.74. The first-order chi connectivity index (χ1) is 23.3. The second kappa shape index (κ2) is 11.2. The molecule has 0 saturated heterocycles. The molecule has 0 spiro atoms. The lowest BCUT2D eigenvalue weighted by molar-refractivity contribution is 0.669. The van der Waals surface area contributed by atoms with Crippen LogP contribution in [0.5, 0.6) is 0 Å². The van der Waals surface area contributed by atoms with E-state index >= 15 is 0 Å². The van der Waals surface area contributed by atoms with E-state index in [2.05, 4.69) is 115 Å². The average Bonchev–Trinajstić information content (AvgIpc) is 3.53. The van der Waals surface area contributed by atoms with E-state index in [1.165, 1.54) is 16.3 Å². The van der Waals surface area contributed by atoms with Gasteiger partial charge in [0.25, 0.3) is 0 Å². The van der Waals surface area contributed by atoms with Crippen LogP contribution in [0.15, 0.2) is 168 Å². The Kier molecular flexibility index (Phi) is 6.43. The van der Waals surface area contributed by atoms with Crippen molar-refractivity contribution in [3.63, 3.8) is 0 Å². The van der Waals surface area contributed by atoms with E-state index in [0.29, 0.717) is 17.5 Å². The van der Waals surface area contributed by atoms with E-state index in [4.69, 9.17) is 19.4 Å². The van der Waals surface area contributed by atoms with Gasteiger partial charge in [-0.1, -0.05) is 140 Å². The average molecular weight is 602 g/mol. The molecule has 0 aliphatic heterocycles. The van der Waals surface area contributed by atoms with Crippen LogP contribution in [-0.2, 0) is 0 Å². The number of benzene rings is 7. The monoisotopic (exact) mass is 601 g/mol. The lowest BCUT2D eigenvalue weighted by atomic mass is 10.00. The molecule has 9 rings (SSSR count). The molecule has 4 nitrogen and oxygen atoms in total. The van der Waals surface area contributed by atoms with Crippen LogP contribution in [0.4, 0.5) is 0 Å². The third-order valence-electron chi connectivity index (χ3n) is 8.74. The molecule has 220 valence electrons. The number of furan rings is 1. The Balaban J connectivity index is 1.17. The van der Waals surface area contributed by atoms with E-state index in [1.807, 2.05) is 48.5 Å². The maximum Gasteiger partial charge on any atom is 0.164 e. The normalized spacial score (nSPS) is 11.4. The Morgan fingerprint density at radius 2 is 0.894 bits per heavy atom. The topological polar surface area (TPSA) is 51.8 Å². The van der Waals surface area contributed by atoms with Gasteiger partial charge in [-0.2, -0.15) is 0 Å². The first-order valence-electron chi connectivity index (χ1n) is 15.7. The summed E-state index contributed by atoms with van der Waals surface area (Å²) in [6.07, 6.45) is 0. The first-order valence-corrected chi connectivity index (χ1v) is 15.7. The third kappa shape index (κ3) is 4.93. The van der Waals surface area contributed by atoms with Crippen molar-refractivity contribution in [2.45, 2.75) is 0 Å². The molecule has 9 aromatic rings. The Labute approximate surface area is 271 Å². The predicted molar refractivity (Wildman–Crippen MR) is 192 cm³/mol. The summed E-state index contributed by atoms with van der Waals surface area (Å²) in [5.74, 6) is 1.85. The molecular weight excluding hydrogens is 574 g/mol. The second-order valence-corrected chi connectivity index (χ2v) is 11.7. The van der Waals surface area contributed by atoms with Gasteiger partial charge in [-0.05, 0) is 57.3 Å². The van der Waals surface area contributed by atoms with E-state index in [-0.39, 0.29) is 0 Å². The van der Waals surface area contributed by atoms with Gasteiger partial charge in [0.05, 0.1) is 0 Å². The first kappa shape index (κ1) is 27.0. The van der Waals surface area contributed by atoms with Gasteiger partial charge in [-0.25, -0.2) is 15.0 Å². The van der Waals surface area contributed by atoms with E-state index in [1.54, 1.807) is 0 Å². The summed E-state index contributed by atoms with van der Waals surface area (Å²) in [6.45, 7) is 0. The fraction of sp³-hybridized carbons (Fsp3) is 0. The maximum atomic E-state index is 6.42. The fourth-order valence-corrected chi connectivity index (χ4v) is 6.34. The minimum Gasteiger partial charge on any atom is -0.456 e. The Morgan fingerprint density at radius 3 is 1.66 bits per heavy atom. The summed E-state index contributed by atoms with van der Waals surface area (Å²) in [4.78, 5) is 15.1. The largest absolute Gasteiger partial charge is 0.456 e. The molecule has 4 heteroatoms. The molecule has 0 amide bonds. The molecule has 0 fully saturated rings. The van der Waals surface area contributed by atoms with Crippen molar-refractivity contribution in [1.29, 1.82) is 0 Å². The molecule has 7 aromatic carbocycles. The second-order valence-electron chi connectivity index (χ2n) is 11.7. The molecule has 0 atom stereocenters. The lowest BCUT2D eigenvalue weighted by Gasteiger charge is -2.10. The number of fused-ring (bicyclic) bond motifs is 4. The fourth-order valence-electron chi connectivity index (χ4n) is 6.34. The molecular formula is C43H27N3O. The minimum absolute atomic E-state index is 0.605. The van der Waals surface area contributed by atoms with Crippen LogP contribution in [0.25, 0.3) is 89.1 Å².